The Kier molecular flexibility index (Phi) is 4.18. The van der Waals surface area contributed by atoms with Crippen molar-refractivity contribution in [2.45, 2.75) is 4.90 Å². The minimum Gasteiger partial charge on any atom is -0.398 e. The second-order valence-corrected chi connectivity index (χ2v) is 6.18. The van der Waals surface area contributed by atoms with Crippen LogP contribution in [-0.2, 0) is 10.0 Å². The third kappa shape index (κ3) is 3.16. The molecule has 0 aliphatic carbocycles. The van der Waals surface area contributed by atoms with Crippen LogP contribution >= 0.6 is 23.2 Å². The number of nitrogens with one attached hydrogen (secondary N) is 1. The molecular weight excluding hydrogens is 337 g/mol. The van der Waals surface area contributed by atoms with Gasteiger partial charge in [-0.15, -0.1) is 0 Å². The van der Waals surface area contributed by atoms with Crippen LogP contribution in [0, 0.1) is 11.3 Å². The smallest absolute Gasteiger partial charge is 0.265 e. The molecule has 7 nitrogen and oxygen atoms in total. The Morgan fingerprint density at radius 2 is 2.00 bits per heavy atom. The summed E-state index contributed by atoms with van der Waals surface area (Å²) in [5, 5.41) is 8.52. The molecule has 0 saturated carbocycles. The van der Waals surface area contributed by atoms with E-state index < -0.39 is 10.0 Å². The lowest BCUT2D eigenvalue weighted by molar-refractivity contribution is 0.601. The largest absolute Gasteiger partial charge is 0.398 e. The summed E-state index contributed by atoms with van der Waals surface area (Å²) in [6.45, 7) is 0. The molecule has 0 aliphatic heterocycles. The molecule has 0 amide bonds. The predicted molar refractivity (Wildman–Crippen MR) is 78.4 cm³/mol. The van der Waals surface area contributed by atoms with E-state index in [4.69, 9.17) is 34.2 Å². The number of nitrogens with zero attached hydrogens (tertiary/aromatic N) is 3. The van der Waals surface area contributed by atoms with Crippen LogP contribution in [0.2, 0.25) is 10.2 Å². The molecule has 0 fully saturated rings. The van der Waals surface area contributed by atoms with Gasteiger partial charge in [-0.1, -0.05) is 23.2 Å². The standard InChI is InChI=1S/C11H7Cl2N5O2S/c12-9-10(13)16-5-17-11(9)18-21(19,20)8-2-1-6(4-14)3-7(8)15/h1-3,5H,15H2,(H,16,17,18). The highest BCUT2D eigenvalue weighted by atomic mass is 35.5. The highest BCUT2D eigenvalue weighted by molar-refractivity contribution is 7.92. The van der Waals surface area contributed by atoms with E-state index in [-0.39, 0.29) is 32.1 Å². The van der Waals surface area contributed by atoms with Crippen LogP contribution in [0.25, 0.3) is 0 Å². The number of hydrogen-bond acceptors (Lipinski definition) is 6. The van der Waals surface area contributed by atoms with Gasteiger partial charge in [0.25, 0.3) is 10.0 Å². The molecular formula is C11H7Cl2N5O2S. The van der Waals surface area contributed by atoms with Gasteiger partial charge in [-0.2, -0.15) is 5.26 Å². The molecule has 0 bridgehead atoms. The fourth-order valence-corrected chi connectivity index (χ4v) is 2.93. The summed E-state index contributed by atoms with van der Waals surface area (Å²) in [6.07, 6.45) is 1.06. The highest BCUT2D eigenvalue weighted by Crippen LogP contribution is 2.28. The normalized spacial score (nSPS) is 10.9. The Bertz CT molecular complexity index is 848. The summed E-state index contributed by atoms with van der Waals surface area (Å²) in [5.41, 5.74) is 5.82. The van der Waals surface area contributed by atoms with Gasteiger partial charge in [0.1, 0.15) is 16.2 Å². The molecule has 21 heavy (non-hydrogen) atoms. The zero-order chi connectivity index (χ0) is 15.6. The number of anilines is 2. The van der Waals surface area contributed by atoms with Gasteiger partial charge in [-0.05, 0) is 18.2 Å². The molecule has 0 radical (unpaired) electrons. The van der Waals surface area contributed by atoms with Crippen LogP contribution in [-0.4, -0.2) is 18.4 Å². The second-order valence-electron chi connectivity index (χ2n) is 3.80. The van der Waals surface area contributed by atoms with Crippen molar-refractivity contribution in [3.05, 3.63) is 40.3 Å². The lowest BCUT2D eigenvalue weighted by Gasteiger charge is -2.10. The average molecular weight is 344 g/mol. The Balaban J connectivity index is 2.44. The van der Waals surface area contributed by atoms with Gasteiger partial charge in [-0.3, -0.25) is 4.72 Å². The van der Waals surface area contributed by atoms with Crippen LogP contribution in [0.1, 0.15) is 5.56 Å². The Labute approximate surface area is 130 Å². The molecule has 0 spiro atoms. The van der Waals surface area contributed by atoms with Crippen molar-refractivity contribution in [3.63, 3.8) is 0 Å². The molecule has 0 unspecified atom stereocenters. The van der Waals surface area contributed by atoms with Crippen molar-refractivity contribution in [1.82, 2.24) is 9.97 Å². The Hall–Kier alpha value is -2.08. The molecule has 1 aromatic heterocycles. The van der Waals surface area contributed by atoms with Crippen molar-refractivity contribution >= 4 is 44.7 Å². The highest BCUT2D eigenvalue weighted by Gasteiger charge is 2.20. The summed E-state index contributed by atoms with van der Waals surface area (Å²) < 4.78 is 26.7. The lowest BCUT2D eigenvalue weighted by Crippen LogP contribution is -2.16. The van der Waals surface area contributed by atoms with E-state index in [9.17, 15) is 8.42 Å². The molecule has 1 heterocycles. The van der Waals surface area contributed by atoms with E-state index in [2.05, 4.69) is 14.7 Å². The zero-order valence-corrected chi connectivity index (χ0v) is 12.5. The Morgan fingerprint density at radius 3 is 2.62 bits per heavy atom. The first-order valence-corrected chi connectivity index (χ1v) is 7.57. The summed E-state index contributed by atoms with van der Waals surface area (Å²) in [7, 11) is -4.03. The van der Waals surface area contributed by atoms with Crippen LogP contribution in [0.4, 0.5) is 11.5 Å². The zero-order valence-electron chi connectivity index (χ0n) is 10.2. The van der Waals surface area contributed by atoms with Gasteiger partial charge < -0.3 is 5.73 Å². The van der Waals surface area contributed by atoms with Crippen molar-refractivity contribution < 1.29 is 8.42 Å². The first-order valence-electron chi connectivity index (χ1n) is 5.33. The van der Waals surface area contributed by atoms with Crippen molar-refractivity contribution in [3.8, 4) is 6.07 Å². The maximum absolute atomic E-state index is 12.2. The van der Waals surface area contributed by atoms with E-state index in [1.54, 1.807) is 0 Å². The van der Waals surface area contributed by atoms with E-state index >= 15 is 0 Å². The molecule has 2 rings (SSSR count). The molecule has 0 saturated heterocycles. The molecule has 108 valence electrons. The lowest BCUT2D eigenvalue weighted by atomic mass is 10.2. The molecule has 1 aromatic carbocycles. The van der Waals surface area contributed by atoms with Gasteiger partial charge in [0.2, 0.25) is 0 Å². The fraction of sp³-hybridized carbons (Fsp3) is 0. The third-order valence-corrected chi connectivity index (χ3v) is 4.56. The number of aromatic nitrogens is 2. The van der Waals surface area contributed by atoms with Gasteiger partial charge >= 0.3 is 0 Å². The number of benzene rings is 1. The van der Waals surface area contributed by atoms with Crippen LogP contribution in [0.5, 0.6) is 0 Å². The van der Waals surface area contributed by atoms with Crippen molar-refractivity contribution in [1.29, 1.82) is 5.26 Å². The van der Waals surface area contributed by atoms with Crippen LogP contribution < -0.4 is 10.5 Å². The molecule has 3 N–H and O–H groups in total. The van der Waals surface area contributed by atoms with E-state index in [1.807, 2.05) is 6.07 Å². The molecule has 0 aliphatic rings. The first kappa shape index (κ1) is 15.3. The summed E-state index contributed by atoms with van der Waals surface area (Å²) in [6, 6.07) is 5.66. The number of rotatable bonds is 3. The van der Waals surface area contributed by atoms with Crippen molar-refractivity contribution in [2.24, 2.45) is 0 Å². The molecule has 10 heteroatoms. The maximum Gasteiger partial charge on any atom is 0.265 e. The maximum atomic E-state index is 12.2. The summed E-state index contributed by atoms with van der Waals surface area (Å²) in [5.74, 6) is -0.166. The number of sulfonamides is 1. The number of nitrogens with two attached hydrogens (primary N) is 1. The van der Waals surface area contributed by atoms with E-state index in [0.29, 0.717) is 0 Å². The SMILES string of the molecule is N#Cc1ccc(S(=O)(=O)Nc2ncnc(Cl)c2Cl)c(N)c1. The fourth-order valence-electron chi connectivity index (χ4n) is 1.46. The van der Waals surface area contributed by atoms with Crippen LogP contribution in [0.3, 0.4) is 0 Å². The van der Waals surface area contributed by atoms with Crippen LogP contribution in [0.15, 0.2) is 29.4 Å². The second kappa shape index (κ2) is 5.73. The van der Waals surface area contributed by atoms with Crippen molar-refractivity contribution in [2.75, 3.05) is 10.5 Å². The minimum absolute atomic E-state index is 0.0715. The average Bonchev–Trinajstić information content (AvgIpc) is 2.43. The third-order valence-electron chi connectivity index (χ3n) is 2.41. The Morgan fingerprint density at radius 1 is 1.29 bits per heavy atom. The number of hydrogen-bond donors (Lipinski definition) is 2. The van der Waals surface area contributed by atoms with Gasteiger partial charge in [-0.25, -0.2) is 18.4 Å². The number of halogens is 2. The van der Waals surface area contributed by atoms with E-state index in [0.717, 1.165) is 6.33 Å². The first-order chi connectivity index (χ1) is 9.85. The predicted octanol–water partition coefficient (Wildman–Crippen LogP) is 2.04. The monoisotopic (exact) mass is 343 g/mol. The van der Waals surface area contributed by atoms with E-state index in [1.165, 1.54) is 18.2 Å². The number of nitriles is 1. The topological polar surface area (TPSA) is 122 Å². The number of nitrogen functional groups attached to an aromatic ring is 1. The molecule has 0 atom stereocenters. The summed E-state index contributed by atoms with van der Waals surface area (Å²) in [4.78, 5) is 7.11. The van der Waals surface area contributed by atoms with Gasteiger partial charge in [0.05, 0.1) is 17.3 Å². The van der Waals surface area contributed by atoms with Gasteiger partial charge in [0.15, 0.2) is 11.0 Å². The quantitative estimate of drug-likeness (QED) is 0.649. The summed E-state index contributed by atoms with van der Waals surface area (Å²) >= 11 is 11.5. The molecule has 2 aromatic rings. The minimum atomic E-state index is -4.03. The van der Waals surface area contributed by atoms with Gasteiger partial charge in [0, 0.05) is 0 Å².